The minimum Gasteiger partial charge on any atom is -0.379 e. The fraction of sp³-hybridized carbons (Fsp3) is 0.571. The number of benzene rings is 1. The Labute approximate surface area is 106 Å². The van der Waals surface area contributed by atoms with E-state index in [9.17, 15) is 8.78 Å². The molecule has 1 fully saturated rings. The van der Waals surface area contributed by atoms with Crippen LogP contribution in [-0.2, 0) is 4.74 Å². The van der Waals surface area contributed by atoms with Crippen LogP contribution in [0.1, 0.15) is 27.2 Å². The molecule has 2 nitrogen and oxygen atoms in total. The number of hydrogen-bond acceptors (Lipinski definition) is 2. The second-order valence-electron chi connectivity index (χ2n) is 5.32. The van der Waals surface area contributed by atoms with Crippen LogP contribution in [0.5, 0.6) is 0 Å². The molecule has 0 radical (unpaired) electrons. The first-order valence-corrected chi connectivity index (χ1v) is 6.28. The van der Waals surface area contributed by atoms with E-state index in [-0.39, 0.29) is 17.6 Å². The van der Waals surface area contributed by atoms with E-state index < -0.39 is 11.6 Å². The normalized spacial score (nSPS) is 25.6. The Morgan fingerprint density at radius 1 is 1.39 bits per heavy atom. The van der Waals surface area contributed by atoms with E-state index in [1.165, 1.54) is 12.1 Å². The van der Waals surface area contributed by atoms with E-state index in [1.807, 2.05) is 6.92 Å². The largest absolute Gasteiger partial charge is 0.379 e. The fourth-order valence-electron chi connectivity index (χ4n) is 2.41. The van der Waals surface area contributed by atoms with E-state index in [0.717, 1.165) is 12.5 Å². The monoisotopic (exact) mass is 255 g/mol. The molecule has 2 unspecified atom stereocenters. The van der Waals surface area contributed by atoms with Gasteiger partial charge in [0, 0.05) is 24.1 Å². The van der Waals surface area contributed by atoms with Gasteiger partial charge in [0.15, 0.2) is 0 Å². The highest BCUT2D eigenvalue weighted by molar-refractivity contribution is 5.46. The lowest BCUT2D eigenvalue weighted by Crippen LogP contribution is -2.58. The highest BCUT2D eigenvalue weighted by atomic mass is 19.1. The quantitative estimate of drug-likeness (QED) is 0.888. The van der Waals surface area contributed by atoms with Gasteiger partial charge in [-0.25, -0.2) is 8.78 Å². The third-order valence-corrected chi connectivity index (χ3v) is 3.81. The van der Waals surface area contributed by atoms with Gasteiger partial charge in [-0.05, 0) is 25.5 Å². The second kappa shape index (κ2) is 4.84. The molecule has 0 heterocycles. The molecule has 0 saturated heterocycles. The molecule has 0 spiro atoms. The van der Waals surface area contributed by atoms with Crippen molar-refractivity contribution < 1.29 is 13.5 Å². The Balaban J connectivity index is 2.03. The topological polar surface area (TPSA) is 21.3 Å². The van der Waals surface area contributed by atoms with Crippen molar-refractivity contribution in [1.29, 1.82) is 0 Å². The lowest BCUT2D eigenvalue weighted by molar-refractivity contribution is -0.0976. The first-order chi connectivity index (χ1) is 8.45. The smallest absolute Gasteiger partial charge is 0.149 e. The number of hydrogen-bond donors (Lipinski definition) is 1. The Bertz CT molecular complexity index is 434. The molecule has 2 rings (SSSR count). The summed E-state index contributed by atoms with van der Waals surface area (Å²) in [7, 11) is 0. The van der Waals surface area contributed by atoms with Crippen LogP contribution < -0.4 is 5.32 Å². The van der Waals surface area contributed by atoms with Crippen LogP contribution in [0.4, 0.5) is 14.5 Å². The average Bonchev–Trinajstić information content (AvgIpc) is 2.30. The lowest BCUT2D eigenvalue weighted by atomic mass is 9.64. The molecule has 1 aromatic carbocycles. The van der Waals surface area contributed by atoms with Gasteiger partial charge >= 0.3 is 0 Å². The summed E-state index contributed by atoms with van der Waals surface area (Å²) < 4.78 is 32.0. The van der Waals surface area contributed by atoms with Crippen molar-refractivity contribution in [2.45, 2.75) is 39.3 Å². The molecule has 0 amide bonds. The van der Waals surface area contributed by atoms with Crippen molar-refractivity contribution in [3.8, 4) is 0 Å². The summed E-state index contributed by atoms with van der Waals surface area (Å²) in [5.41, 5.74) is 0.307. The molecule has 18 heavy (non-hydrogen) atoms. The van der Waals surface area contributed by atoms with Crippen LogP contribution in [0.15, 0.2) is 18.2 Å². The van der Waals surface area contributed by atoms with Crippen LogP contribution in [0, 0.1) is 17.0 Å². The number of halogens is 2. The first kappa shape index (κ1) is 13.3. The van der Waals surface area contributed by atoms with Crippen LogP contribution >= 0.6 is 0 Å². The molecule has 1 aromatic rings. The number of ether oxygens (including phenoxy) is 1. The predicted molar refractivity (Wildman–Crippen MR) is 67.6 cm³/mol. The van der Waals surface area contributed by atoms with Crippen molar-refractivity contribution >= 4 is 5.69 Å². The van der Waals surface area contributed by atoms with Crippen molar-refractivity contribution in [3.63, 3.8) is 0 Å². The zero-order chi connectivity index (χ0) is 13.3. The Kier molecular flexibility index (Phi) is 3.57. The average molecular weight is 255 g/mol. The third-order valence-electron chi connectivity index (χ3n) is 3.81. The number of rotatable bonds is 4. The molecule has 1 aliphatic rings. The minimum atomic E-state index is -0.557. The molecular weight excluding hydrogens is 236 g/mol. The van der Waals surface area contributed by atoms with Gasteiger partial charge in [-0.1, -0.05) is 13.8 Å². The summed E-state index contributed by atoms with van der Waals surface area (Å²) in [5.74, 6) is -1.11. The SMILES string of the molecule is CCOC1CC(Nc2ccc(F)cc2F)C1(C)C. The summed E-state index contributed by atoms with van der Waals surface area (Å²) >= 11 is 0. The Morgan fingerprint density at radius 2 is 2.11 bits per heavy atom. The van der Waals surface area contributed by atoms with E-state index in [0.29, 0.717) is 12.3 Å². The Morgan fingerprint density at radius 3 is 2.67 bits per heavy atom. The van der Waals surface area contributed by atoms with Gasteiger partial charge in [-0.3, -0.25) is 0 Å². The van der Waals surface area contributed by atoms with Crippen molar-refractivity contribution in [1.82, 2.24) is 0 Å². The van der Waals surface area contributed by atoms with Gasteiger partial charge < -0.3 is 10.1 Å². The molecule has 1 N–H and O–H groups in total. The summed E-state index contributed by atoms with van der Waals surface area (Å²) in [6, 6.07) is 3.74. The summed E-state index contributed by atoms with van der Waals surface area (Å²) in [6.07, 6.45) is 1.04. The van der Waals surface area contributed by atoms with E-state index in [1.54, 1.807) is 0 Å². The molecule has 0 bridgehead atoms. The van der Waals surface area contributed by atoms with Crippen molar-refractivity contribution in [3.05, 3.63) is 29.8 Å². The van der Waals surface area contributed by atoms with Crippen LogP contribution in [-0.4, -0.2) is 18.8 Å². The first-order valence-electron chi connectivity index (χ1n) is 6.28. The van der Waals surface area contributed by atoms with Gasteiger partial charge in [0.1, 0.15) is 11.6 Å². The molecule has 0 aromatic heterocycles. The van der Waals surface area contributed by atoms with Gasteiger partial charge in [0.05, 0.1) is 11.8 Å². The summed E-state index contributed by atoms with van der Waals surface area (Å²) in [5, 5.41) is 3.13. The van der Waals surface area contributed by atoms with Gasteiger partial charge in [-0.2, -0.15) is 0 Å². The summed E-state index contributed by atoms with van der Waals surface area (Å²) in [6.45, 7) is 6.84. The number of nitrogens with one attached hydrogen (secondary N) is 1. The highest BCUT2D eigenvalue weighted by Gasteiger charge is 2.49. The van der Waals surface area contributed by atoms with E-state index in [2.05, 4.69) is 19.2 Å². The van der Waals surface area contributed by atoms with Gasteiger partial charge in [-0.15, -0.1) is 0 Å². The fourth-order valence-corrected chi connectivity index (χ4v) is 2.41. The maximum atomic E-state index is 13.5. The zero-order valence-electron chi connectivity index (χ0n) is 11.0. The maximum Gasteiger partial charge on any atom is 0.149 e. The minimum absolute atomic E-state index is 0.0448. The van der Waals surface area contributed by atoms with Crippen molar-refractivity contribution in [2.24, 2.45) is 5.41 Å². The zero-order valence-corrected chi connectivity index (χ0v) is 11.0. The molecule has 100 valence electrons. The van der Waals surface area contributed by atoms with Gasteiger partial charge in [0.25, 0.3) is 0 Å². The van der Waals surface area contributed by atoms with Gasteiger partial charge in [0.2, 0.25) is 0 Å². The molecular formula is C14H19F2NO. The molecule has 1 aliphatic carbocycles. The predicted octanol–water partition coefficient (Wildman–Crippen LogP) is 3.58. The molecule has 4 heteroatoms. The van der Waals surface area contributed by atoms with Crippen LogP contribution in [0.2, 0.25) is 0 Å². The standard InChI is InChI=1S/C14H19F2NO/c1-4-18-13-8-12(14(13,2)3)17-11-6-5-9(15)7-10(11)16/h5-7,12-13,17H,4,8H2,1-3H3. The van der Waals surface area contributed by atoms with E-state index in [4.69, 9.17) is 4.74 Å². The lowest BCUT2D eigenvalue weighted by Gasteiger charge is -2.52. The van der Waals surface area contributed by atoms with Crippen LogP contribution in [0.25, 0.3) is 0 Å². The highest BCUT2D eigenvalue weighted by Crippen LogP contribution is 2.44. The number of anilines is 1. The second-order valence-corrected chi connectivity index (χ2v) is 5.32. The Hall–Kier alpha value is -1.16. The third kappa shape index (κ3) is 2.34. The molecule has 0 aliphatic heterocycles. The van der Waals surface area contributed by atoms with E-state index >= 15 is 0 Å². The van der Waals surface area contributed by atoms with Crippen molar-refractivity contribution in [2.75, 3.05) is 11.9 Å². The molecule has 1 saturated carbocycles. The van der Waals surface area contributed by atoms with Crippen LogP contribution in [0.3, 0.4) is 0 Å². The summed E-state index contributed by atoms with van der Waals surface area (Å²) in [4.78, 5) is 0. The maximum absolute atomic E-state index is 13.5. The molecule has 2 atom stereocenters.